The van der Waals surface area contributed by atoms with Gasteiger partial charge in [-0.25, -0.2) is 0 Å². The molecule has 0 radical (unpaired) electrons. The summed E-state index contributed by atoms with van der Waals surface area (Å²) < 4.78 is 0. The number of aryl methyl sites for hydroxylation is 1. The van der Waals surface area contributed by atoms with Gasteiger partial charge < -0.3 is 4.90 Å². The number of nitrogens with zero attached hydrogens (tertiary/aromatic N) is 2. The Morgan fingerprint density at radius 3 is 2.39 bits per heavy atom. The lowest BCUT2D eigenvalue weighted by Gasteiger charge is -2.16. The van der Waals surface area contributed by atoms with E-state index in [0.717, 1.165) is 19.5 Å². The zero-order valence-corrected chi connectivity index (χ0v) is 10.9. The molecular formula is C16H20N2. The fraction of sp³-hybridized carbons (Fsp3) is 0.312. The van der Waals surface area contributed by atoms with Crippen LogP contribution < -0.4 is 0 Å². The normalized spacial score (nSPS) is 10.8. The molecule has 2 heteroatoms. The minimum Gasteiger partial charge on any atom is -0.302 e. The van der Waals surface area contributed by atoms with Crippen LogP contribution in [0, 0.1) is 0 Å². The fourth-order valence-corrected chi connectivity index (χ4v) is 2.08. The number of hydrogen-bond donors (Lipinski definition) is 0. The van der Waals surface area contributed by atoms with E-state index in [1.165, 1.54) is 17.5 Å². The van der Waals surface area contributed by atoms with Crippen LogP contribution in [0.25, 0.3) is 0 Å². The molecule has 0 aliphatic rings. The molecule has 1 heterocycles. The zero-order chi connectivity index (χ0) is 12.6. The van der Waals surface area contributed by atoms with Crippen molar-refractivity contribution in [2.75, 3.05) is 13.6 Å². The molecule has 0 aliphatic heterocycles. The Bertz CT molecular complexity index is 439. The average molecular weight is 240 g/mol. The van der Waals surface area contributed by atoms with E-state index in [0.29, 0.717) is 0 Å². The summed E-state index contributed by atoms with van der Waals surface area (Å²) in [7, 11) is 2.17. The van der Waals surface area contributed by atoms with Crippen molar-refractivity contribution in [1.29, 1.82) is 0 Å². The number of aromatic nitrogens is 1. The molecule has 0 aliphatic carbocycles. The molecule has 0 saturated carbocycles. The second kappa shape index (κ2) is 6.92. The summed E-state index contributed by atoms with van der Waals surface area (Å²) in [6, 6.07) is 14.8. The van der Waals surface area contributed by atoms with Gasteiger partial charge in [-0.2, -0.15) is 0 Å². The number of rotatable bonds is 6. The van der Waals surface area contributed by atoms with Crippen LogP contribution in [-0.4, -0.2) is 23.5 Å². The van der Waals surface area contributed by atoms with Crippen molar-refractivity contribution in [3.63, 3.8) is 0 Å². The largest absolute Gasteiger partial charge is 0.302 e. The molecule has 0 atom stereocenters. The molecule has 0 unspecified atom stereocenters. The number of benzene rings is 1. The lowest BCUT2D eigenvalue weighted by Crippen LogP contribution is -2.19. The maximum absolute atomic E-state index is 4.04. The molecule has 0 N–H and O–H groups in total. The zero-order valence-electron chi connectivity index (χ0n) is 10.9. The van der Waals surface area contributed by atoms with Gasteiger partial charge in [0.15, 0.2) is 0 Å². The Morgan fingerprint density at radius 1 is 0.944 bits per heavy atom. The second-order valence-electron chi connectivity index (χ2n) is 4.68. The molecule has 18 heavy (non-hydrogen) atoms. The van der Waals surface area contributed by atoms with Gasteiger partial charge in [0.25, 0.3) is 0 Å². The molecule has 0 amide bonds. The molecule has 1 aromatic carbocycles. The molecule has 2 nitrogen and oxygen atoms in total. The van der Waals surface area contributed by atoms with E-state index in [1.807, 2.05) is 12.4 Å². The molecule has 0 spiro atoms. The van der Waals surface area contributed by atoms with Crippen molar-refractivity contribution >= 4 is 0 Å². The number of hydrogen-bond acceptors (Lipinski definition) is 2. The first-order valence-electron chi connectivity index (χ1n) is 6.46. The fourth-order valence-electron chi connectivity index (χ4n) is 2.08. The minimum atomic E-state index is 0.997. The standard InChI is InChI=1S/C16H20N2/c1-18(14-16-9-11-17-12-10-16)13-5-8-15-6-3-2-4-7-15/h2-4,6-7,9-12H,5,8,13-14H2,1H3. The first kappa shape index (κ1) is 12.8. The third kappa shape index (κ3) is 4.30. The van der Waals surface area contributed by atoms with Crippen molar-refractivity contribution in [1.82, 2.24) is 9.88 Å². The monoisotopic (exact) mass is 240 g/mol. The van der Waals surface area contributed by atoms with E-state index in [4.69, 9.17) is 0 Å². The summed E-state index contributed by atoms with van der Waals surface area (Å²) in [5.41, 5.74) is 2.75. The smallest absolute Gasteiger partial charge is 0.0271 e. The van der Waals surface area contributed by atoms with E-state index >= 15 is 0 Å². The first-order chi connectivity index (χ1) is 8.84. The van der Waals surface area contributed by atoms with Gasteiger partial charge >= 0.3 is 0 Å². The first-order valence-corrected chi connectivity index (χ1v) is 6.46. The lowest BCUT2D eigenvalue weighted by molar-refractivity contribution is 0.322. The van der Waals surface area contributed by atoms with Gasteiger partial charge in [0.05, 0.1) is 0 Å². The van der Waals surface area contributed by atoms with E-state index < -0.39 is 0 Å². The Hall–Kier alpha value is -1.67. The van der Waals surface area contributed by atoms with Crippen LogP contribution in [0.1, 0.15) is 17.5 Å². The predicted molar refractivity (Wildman–Crippen MR) is 75.3 cm³/mol. The summed E-state index contributed by atoms with van der Waals surface area (Å²) in [6.45, 7) is 2.12. The Morgan fingerprint density at radius 2 is 1.67 bits per heavy atom. The summed E-state index contributed by atoms with van der Waals surface area (Å²) >= 11 is 0. The molecule has 2 rings (SSSR count). The molecule has 0 saturated heterocycles. The van der Waals surface area contributed by atoms with Gasteiger partial charge in [-0.1, -0.05) is 30.3 Å². The van der Waals surface area contributed by atoms with Crippen molar-refractivity contribution < 1.29 is 0 Å². The third-order valence-electron chi connectivity index (χ3n) is 3.05. The van der Waals surface area contributed by atoms with Gasteiger partial charge in [-0.3, -0.25) is 4.98 Å². The molecule has 0 bridgehead atoms. The Labute approximate surface area is 109 Å². The quantitative estimate of drug-likeness (QED) is 0.771. The molecule has 0 fully saturated rings. The summed E-state index contributed by atoms with van der Waals surface area (Å²) in [5.74, 6) is 0. The van der Waals surface area contributed by atoms with Crippen LogP contribution in [0.2, 0.25) is 0 Å². The SMILES string of the molecule is CN(CCCc1ccccc1)Cc1ccncc1. The summed E-state index contributed by atoms with van der Waals surface area (Å²) in [5, 5.41) is 0. The highest BCUT2D eigenvalue weighted by atomic mass is 15.1. The maximum Gasteiger partial charge on any atom is 0.0271 e. The maximum atomic E-state index is 4.04. The highest BCUT2D eigenvalue weighted by Crippen LogP contribution is 2.05. The highest BCUT2D eigenvalue weighted by Gasteiger charge is 2.00. The van der Waals surface area contributed by atoms with E-state index in [1.54, 1.807) is 0 Å². The topological polar surface area (TPSA) is 16.1 Å². The van der Waals surface area contributed by atoms with Crippen molar-refractivity contribution in [2.24, 2.45) is 0 Å². The van der Waals surface area contributed by atoms with Crippen LogP contribution in [0.4, 0.5) is 0 Å². The summed E-state index contributed by atoms with van der Waals surface area (Å²) in [4.78, 5) is 6.40. The van der Waals surface area contributed by atoms with Crippen molar-refractivity contribution in [3.8, 4) is 0 Å². The molecule has 94 valence electrons. The van der Waals surface area contributed by atoms with Gasteiger partial charge in [0.1, 0.15) is 0 Å². The minimum absolute atomic E-state index is 0.997. The number of pyridine rings is 1. The van der Waals surface area contributed by atoms with Gasteiger partial charge in [0.2, 0.25) is 0 Å². The van der Waals surface area contributed by atoms with Crippen LogP contribution in [0.15, 0.2) is 54.9 Å². The van der Waals surface area contributed by atoms with Gasteiger partial charge in [-0.15, -0.1) is 0 Å². The third-order valence-corrected chi connectivity index (χ3v) is 3.05. The second-order valence-corrected chi connectivity index (χ2v) is 4.68. The molecule has 1 aromatic heterocycles. The average Bonchev–Trinajstić information content (AvgIpc) is 2.41. The van der Waals surface area contributed by atoms with Crippen LogP contribution in [-0.2, 0) is 13.0 Å². The van der Waals surface area contributed by atoms with Crippen molar-refractivity contribution in [2.45, 2.75) is 19.4 Å². The molecular weight excluding hydrogens is 220 g/mol. The van der Waals surface area contributed by atoms with Crippen LogP contribution in [0.3, 0.4) is 0 Å². The van der Waals surface area contributed by atoms with E-state index in [2.05, 4.69) is 59.4 Å². The van der Waals surface area contributed by atoms with E-state index in [-0.39, 0.29) is 0 Å². The van der Waals surface area contributed by atoms with Crippen LogP contribution in [0.5, 0.6) is 0 Å². The Balaban J connectivity index is 1.71. The van der Waals surface area contributed by atoms with Gasteiger partial charge in [0, 0.05) is 18.9 Å². The lowest BCUT2D eigenvalue weighted by atomic mass is 10.1. The summed E-state index contributed by atoms with van der Waals surface area (Å²) in [6.07, 6.45) is 6.06. The predicted octanol–water partition coefficient (Wildman–Crippen LogP) is 3.15. The molecule has 2 aromatic rings. The van der Waals surface area contributed by atoms with E-state index in [9.17, 15) is 0 Å². The van der Waals surface area contributed by atoms with Crippen molar-refractivity contribution in [3.05, 3.63) is 66.0 Å². The Kier molecular flexibility index (Phi) is 4.91. The highest BCUT2D eigenvalue weighted by molar-refractivity contribution is 5.14. The van der Waals surface area contributed by atoms with Crippen LogP contribution >= 0.6 is 0 Å². The van der Waals surface area contributed by atoms with Gasteiger partial charge in [-0.05, 0) is 49.7 Å².